The molecule has 0 heterocycles. The summed E-state index contributed by atoms with van der Waals surface area (Å²) < 4.78 is 7.70. The van der Waals surface area contributed by atoms with Gasteiger partial charge < -0.3 is 10.1 Å². The van der Waals surface area contributed by atoms with Gasteiger partial charge in [0, 0.05) is 14.8 Å². The van der Waals surface area contributed by atoms with Crippen LogP contribution in [0.15, 0.2) is 76.3 Å². The van der Waals surface area contributed by atoms with Gasteiger partial charge in [0.15, 0.2) is 0 Å². The molecule has 0 fully saturated rings. The normalized spacial score (nSPS) is 10.5. The lowest BCUT2D eigenvalue weighted by atomic mass is 10.1. The lowest BCUT2D eigenvalue weighted by Crippen LogP contribution is -2.25. The molecular formula is C23H18BrIN4O2. The number of carbonyl (C=O) groups excluding carboxylic acids is 1. The van der Waals surface area contributed by atoms with Gasteiger partial charge in [-0.1, -0.05) is 18.2 Å². The monoisotopic (exact) mass is 588 g/mol. The highest BCUT2D eigenvalue weighted by Gasteiger charge is 2.06. The average molecular weight is 589 g/mol. The summed E-state index contributed by atoms with van der Waals surface area (Å²) in [5.74, 6) is 0.403. The summed E-state index contributed by atoms with van der Waals surface area (Å²) in [5.41, 5.74) is 5.58. The van der Waals surface area contributed by atoms with E-state index in [1.165, 1.54) is 0 Å². The Morgan fingerprint density at radius 3 is 2.68 bits per heavy atom. The van der Waals surface area contributed by atoms with E-state index in [9.17, 15) is 4.79 Å². The van der Waals surface area contributed by atoms with Gasteiger partial charge >= 0.3 is 0 Å². The molecule has 8 heteroatoms. The van der Waals surface area contributed by atoms with Gasteiger partial charge in [-0.25, -0.2) is 5.43 Å². The highest BCUT2D eigenvalue weighted by Crippen LogP contribution is 2.26. The number of rotatable bonds is 8. The molecule has 3 aromatic rings. The minimum absolute atomic E-state index is 0.124. The third kappa shape index (κ3) is 7.08. The van der Waals surface area contributed by atoms with Gasteiger partial charge in [0.25, 0.3) is 5.91 Å². The molecular weight excluding hydrogens is 571 g/mol. The Balaban J connectivity index is 1.50. The molecule has 0 unspecified atom stereocenters. The third-order valence-corrected chi connectivity index (χ3v) is 5.52. The second-order valence-electron chi connectivity index (χ2n) is 6.40. The predicted octanol–water partition coefficient (Wildman–Crippen LogP) is 5.07. The fourth-order valence-corrected chi connectivity index (χ4v) is 3.46. The SMILES string of the molecule is N#Cc1ccccc1COc1ccc(/C=N\NC(=O)CNc2ccc(I)cc2)cc1Br. The molecule has 0 aromatic heterocycles. The second kappa shape index (κ2) is 11.5. The van der Waals surface area contributed by atoms with Crippen molar-refractivity contribution in [2.45, 2.75) is 6.61 Å². The van der Waals surface area contributed by atoms with Gasteiger partial charge in [-0.3, -0.25) is 4.79 Å². The first-order valence-electron chi connectivity index (χ1n) is 9.27. The molecule has 0 saturated carbocycles. The number of carbonyl (C=O) groups is 1. The second-order valence-corrected chi connectivity index (χ2v) is 8.50. The summed E-state index contributed by atoms with van der Waals surface area (Å²) >= 11 is 5.71. The molecule has 1 amide bonds. The van der Waals surface area contributed by atoms with Crippen LogP contribution in [-0.2, 0) is 11.4 Å². The Labute approximate surface area is 202 Å². The van der Waals surface area contributed by atoms with E-state index in [1.807, 2.05) is 54.6 Å². The minimum atomic E-state index is -0.245. The topological polar surface area (TPSA) is 86.5 Å². The van der Waals surface area contributed by atoms with Crippen LogP contribution in [0.25, 0.3) is 0 Å². The van der Waals surface area contributed by atoms with Gasteiger partial charge in [-0.05, 0) is 92.6 Å². The van der Waals surface area contributed by atoms with Gasteiger partial charge in [-0.2, -0.15) is 10.4 Å². The number of nitrogens with one attached hydrogen (secondary N) is 2. The molecule has 0 spiro atoms. The first-order chi connectivity index (χ1) is 15.0. The number of hydrazone groups is 1. The van der Waals surface area contributed by atoms with Crippen molar-refractivity contribution >= 4 is 56.3 Å². The summed E-state index contributed by atoms with van der Waals surface area (Å²) in [6.07, 6.45) is 1.56. The summed E-state index contributed by atoms with van der Waals surface area (Å²) in [6, 6.07) is 22.7. The molecule has 0 radical (unpaired) electrons. The van der Waals surface area contributed by atoms with Gasteiger partial charge in [-0.15, -0.1) is 0 Å². The number of amides is 1. The van der Waals surface area contributed by atoms with Crippen molar-refractivity contribution in [2.24, 2.45) is 5.10 Å². The number of hydrogen-bond acceptors (Lipinski definition) is 5. The van der Waals surface area contributed by atoms with Crippen LogP contribution in [-0.4, -0.2) is 18.7 Å². The Morgan fingerprint density at radius 2 is 1.94 bits per heavy atom. The average Bonchev–Trinajstić information content (AvgIpc) is 2.78. The van der Waals surface area contributed by atoms with E-state index in [1.54, 1.807) is 18.3 Å². The standard InChI is InChI=1S/C23H18BrIN4O2/c24-21-11-16(5-10-22(21)31-15-18-4-2-1-3-17(18)12-26)13-28-29-23(30)14-27-20-8-6-19(25)7-9-20/h1-11,13,27H,14-15H2,(H,29,30)/b28-13-. The summed E-state index contributed by atoms with van der Waals surface area (Å²) in [6.45, 7) is 0.415. The molecule has 0 aliphatic carbocycles. The van der Waals surface area contributed by atoms with E-state index in [0.717, 1.165) is 24.9 Å². The van der Waals surface area contributed by atoms with Crippen molar-refractivity contribution in [3.05, 3.63) is 91.5 Å². The summed E-state index contributed by atoms with van der Waals surface area (Å²) in [4.78, 5) is 11.9. The third-order valence-electron chi connectivity index (χ3n) is 4.18. The highest BCUT2D eigenvalue weighted by molar-refractivity contribution is 14.1. The van der Waals surface area contributed by atoms with Crippen LogP contribution >= 0.6 is 38.5 Å². The van der Waals surface area contributed by atoms with Crippen molar-refractivity contribution in [3.8, 4) is 11.8 Å². The maximum Gasteiger partial charge on any atom is 0.259 e. The Hall–Kier alpha value is -2.90. The zero-order valence-corrected chi connectivity index (χ0v) is 20.1. The van der Waals surface area contributed by atoms with E-state index in [0.29, 0.717) is 17.9 Å². The lowest BCUT2D eigenvalue weighted by Gasteiger charge is -2.10. The van der Waals surface area contributed by atoms with Crippen molar-refractivity contribution in [2.75, 3.05) is 11.9 Å². The van der Waals surface area contributed by atoms with Crippen molar-refractivity contribution < 1.29 is 9.53 Å². The van der Waals surface area contributed by atoms with Crippen molar-refractivity contribution in [1.29, 1.82) is 5.26 Å². The van der Waals surface area contributed by atoms with E-state index in [-0.39, 0.29) is 12.5 Å². The first-order valence-corrected chi connectivity index (χ1v) is 11.1. The van der Waals surface area contributed by atoms with Crippen molar-refractivity contribution in [1.82, 2.24) is 5.43 Å². The van der Waals surface area contributed by atoms with Gasteiger partial charge in [0.2, 0.25) is 0 Å². The molecule has 3 aromatic carbocycles. The zero-order valence-electron chi connectivity index (χ0n) is 16.3. The number of anilines is 1. The lowest BCUT2D eigenvalue weighted by molar-refractivity contribution is -0.119. The number of nitrogens with zero attached hydrogens (tertiary/aromatic N) is 2. The van der Waals surface area contributed by atoms with E-state index in [4.69, 9.17) is 10.00 Å². The quantitative estimate of drug-likeness (QED) is 0.219. The molecule has 0 bridgehead atoms. The first kappa shape index (κ1) is 22.8. The molecule has 2 N–H and O–H groups in total. The van der Waals surface area contributed by atoms with Gasteiger partial charge in [0.1, 0.15) is 12.4 Å². The zero-order chi connectivity index (χ0) is 22.1. The fourth-order valence-electron chi connectivity index (χ4n) is 2.59. The van der Waals surface area contributed by atoms with Crippen LogP contribution in [0.4, 0.5) is 5.69 Å². The van der Waals surface area contributed by atoms with Crippen LogP contribution in [0.1, 0.15) is 16.7 Å². The van der Waals surface area contributed by atoms with E-state index >= 15 is 0 Å². The van der Waals surface area contributed by atoms with E-state index < -0.39 is 0 Å². The highest BCUT2D eigenvalue weighted by atomic mass is 127. The number of nitriles is 1. The Morgan fingerprint density at radius 1 is 1.16 bits per heavy atom. The molecule has 156 valence electrons. The minimum Gasteiger partial charge on any atom is -0.488 e. The number of hydrogen-bond donors (Lipinski definition) is 2. The number of ether oxygens (including phenoxy) is 1. The number of halogens is 2. The molecule has 6 nitrogen and oxygen atoms in total. The summed E-state index contributed by atoms with van der Waals surface area (Å²) in [7, 11) is 0. The molecule has 0 saturated heterocycles. The Bertz CT molecular complexity index is 1130. The van der Waals surface area contributed by atoms with Crippen LogP contribution in [0.3, 0.4) is 0 Å². The van der Waals surface area contributed by atoms with Crippen molar-refractivity contribution in [3.63, 3.8) is 0 Å². The molecule has 0 aliphatic heterocycles. The van der Waals surface area contributed by atoms with Gasteiger partial charge in [0.05, 0.1) is 28.9 Å². The Kier molecular flexibility index (Phi) is 8.44. The molecule has 0 aliphatic rings. The van der Waals surface area contributed by atoms with Crippen LogP contribution in [0, 0.1) is 14.9 Å². The fraction of sp³-hybridized carbons (Fsp3) is 0.0870. The largest absolute Gasteiger partial charge is 0.488 e. The molecule has 0 atom stereocenters. The number of benzene rings is 3. The molecule has 31 heavy (non-hydrogen) atoms. The van der Waals surface area contributed by atoms with Crippen LogP contribution < -0.4 is 15.5 Å². The summed E-state index contributed by atoms with van der Waals surface area (Å²) in [5, 5.41) is 16.2. The smallest absolute Gasteiger partial charge is 0.259 e. The van der Waals surface area contributed by atoms with Crippen LogP contribution in [0.2, 0.25) is 0 Å². The predicted molar refractivity (Wildman–Crippen MR) is 133 cm³/mol. The maximum atomic E-state index is 11.9. The van der Waals surface area contributed by atoms with E-state index in [2.05, 4.69) is 60.4 Å². The maximum absolute atomic E-state index is 11.9. The van der Waals surface area contributed by atoms with Crippen LogP contribution in [0.5, 0.6) is 5.75 Å². The molecule has 3 rings (SSSR count).